The van der Waals surface area contributed by atoms with E-state index in [2.05, 4.69) is 14.9 Å². The normalized spacial score (nSPS) is 10.1. The lowest BCUT2D eigenvalue weighted by atomic mass is 10.3. The van der Waals surface area contributed by atoms with Crippen LogP contribution in [0.1, 0.15) is 5.69 Å². The summed E-state index contributed by atoms with van der Waals surface area (Å²) in [5.74, 6) is 0. The maximum absolute atomic E-state index is 6.66. The molecule has 2 rings (SSSR count). The van der Waals surface area contributed by atoms with Gasteiger partial charge in [-0.1, -0.05) is 0 Å². The first-order valence-corrected chi connectivity index (χ1v) is 4.02. The van der Waals surface area contributed by atoms with Crippen molar-refractivity contribution in [2.24, 2.45) is 0 Å². The van der Waals surface area contributed by atoms with E-state index in [4.69, 9.17) is 6.57 Å². The Morgan fingerprint density at radius 1 is 1.54 bits per heavy atom. The topological polar surface area (TPSA) is 34.5 Å². The van der Waals surface area contributed by atoms with Gasteiger partial charge in [0.25, 0.3) is 0 Å². The molecule has 64 valence electrons. The van der Waals surface area contributed by atoms with Crippen LogP contribution in [0, 0.1) is 6.57 Å². The molecule has 2 aromatic heterocycles. The van der Waals surface area contributed by atoms with Gasteiger partial charge in [-0.3, -0.25) is 0 Å². The lowest BCUT2D eigenvalue weighted by molar-refractivity contribution is 0.879. The van der Waals surface area contributed by atoms with Gasteiger partial charge in [-0.05, 0) is 6.07 Å². The second-order valence-electron chi connectivity index (χ2n) is 2.69. The van der Waals surface area contributed by atoms with Crippen LogP contribution >= 0.6 is 0 Å². The van der Waals surface area contributed by atoms with Crippen molar-refractivity contribution >= 4 is 5.65 Å². The molecule has 0 unspecified atom stereocenters. The fourth-order valence-electron chi connectivity index (χ4n) is 1.17. The largest absolute Gasteiger partial charge is 0.317 e. The first-order valence-electron chi connectivity index (χ1n) is 4.02. The van der Waals surface area contributed by atoms with Gasteiger partial charge in [0.2, 0.25) is 6.54 Å². The molecule has 13 heavy (non-hydrogen) atoms. The second-order valence-corrected chi connectivity index (χ2v) is 2.69. The molecular formula is C9H8N4. The Balaban J connectivity index is 2.34. The van der Waals surface area contributed by atoms with Crippen LogP contribution < -0.4 is 0 Å². The minimum Gasteiger partial charge on any atom is -0.317 e. The van der Waals surface area contributed by atoms with Gasteiger partial charge in [-0.15, -0.1) is 0 Å². The summed E-state index contributed by atoms with van der Waals surface area (Å²) in [5.41, 5.74) is 1.76. The van der Waals surface area contributed by atoms with E-state index in [1.165, 1.54) is 0 Å². The molecule has 0 N–H and O–H groups in total. The van der Waals surface area contributed by atoms with Crippen LogP contribution in [0.15, 0.2) is 24.5 Å². The minimum atomic E-state index is 0.490. The van der Waals surface area contributed by atoms with Gasteiger partial charge in [0.05, 0.1) is 12.1 Å². The number of aromatic nitrogens is 3. The maximum atomic E-state index is 6.66. The van der Waals surface area contributed by atoms with E-state index in [0.717, 1.165) is 11.3 Å². The molecule has 2 heterocycles. The van der Waals surface area contributed by atoms with Crippen LogP contribution in [0.2, 0.25) is 0 Å². The molecule has 0 aliphatic heterocycles. The van der Waals surface area contributed by atoms with Gasteiger partial charge >= 0.3 is 0 Å². The van der Waals surface area contributed by atoms with Crippen molar-refractivity contribution in [1.82, 2.24) is 14.6 Å². The molecule has 2 aromatic rings. The smallest absolute Gasteiger partial charge is 0.220 e. The van der Waals surface area contributed by atoms with Crippen molar-refractivity contribution in [3.05, 3.63) is 41.6 Å². The van der Waals surface area contributed by atoms with E-state index in [1.54, 1.807) is 10.7 Å². The van der Waals surface area contributed by atoms with Crippen LogP contribution in [-0.2, 0) is 6.42 Å². The van der Waals surface area contributed by atoms with Gasteiger partial charge in [0.1, 0.15) is 0 Å². The van der Waals surface area contributed by atoms with Gasteiger partial charge < -0.3 is 4.85 Å². The molecule has 0 aromatic carbocycles. The van der Waals surface area contributed by atoms with Crippen molar-refractivity contribution in [2.75, 3.05) is 6.54 Å². The summed E-state index contributed by atoms with van der Waals surface area (Å²) in [6, 6.07) is 3.74. The maximum Gasteiger partial charge on any atom is 0.220 e. The average molecular weight is 172 g/mol. The zero-order chi connectivity index (χ0) is 9.10. The third-order valence-corrected chi connectivity index (χ3v) is 1.77. The number of nitrogens with zero attached hydrogens (tertiary/aromatic N) is 4. The first-order chi connectivity index (χ1) is 6.40. The van der Waals surface area contributed by atoms with Crippen LogP contribution in [0.3, 0.4) is 0 Å². The van der Waals surface area contributed by atoms with Crippen molar-refractivity contribution in [2.45, 2.75) is 6.42 Å². The Morgan fingerprint density at radius 3 is 3.23 bits per heavy atom. The summed E-state index contributed by atoms with van der Waals surface area (Å²) in [6.45, 7) is 7.15. The Morgan fingerprint density at radius 2 is 2.46 bits per heavy atom. The molecule has 4 nitrogen and oxygen atoms in total. The van der Waals surface area contributed by atoms with Crippen LogP contribution in [-0.4, -0.2) is 21.1 Å². The number of hydrogen-bond acceptors (Lipinski definition) is 2. The van der Waals surface area contributed by atoms with E-state index in [-0.39, 0.29) is 0 Å². The highest BCUT2D eigenvalue weighted by Gasteiger charge is 2.01. The Hall–Kier alpha value is -1.89. The standard InChI is InChI=1S/C9H8N4/c1-10-5-3-8-7-9-11-4-2-6-13(9)12-8/h2,4,6-7H,3,5H2. The Labute approximate surface area is 75.7 Å². The number of fused-ring (bicyclic) bond motifs is 1. The third kappa shape index (κ3) is 1.49. The summed E-state index contributed by atoms with van der Waals surface area (Å²) in [6.07, 6.45) is 4.28. The fourth-order valence-corrected chi connectivity index (χ4v) is 1.17. The molecule has 0 amide bonds. The van der Waals surface area contributed by atoms with Crippen molar-refractivity contribution in [1.29, 1.82) is 0 Å². The molecule has 4 heteroatoms. The third-order valence-electron chi connectivity index (χ3n) is 1.77. The quantitative estimate of drug-likeness (QED) is 0.638. The summed E-state index contributed by atoms with van der Waals surface area (Å²) < 4.78 is 1.72. The van der Waals surface area contributed by atoms with E-state index in [0.29, 0.717) is 13.0 Å². The highest BCUT2D eigenvalue weighted by molar-refractivity contribution is 5.38. The van der Waals surface area contributed by atoms with E-state index >= 15 is 0 Å². The van der Waals surface area contributed by atoms with Crippen molar-refractivity contribution in [3.8, 4) is 0 Å². The Kier molecular flexibility index (Phi) is 1.93. The van der Waals surface area contributed by atoms with Crippen LogP contribution in [0.4, 0.5) is 0 Å². The minimum absolute atomic E-state index is 0.490. The highest BCUT2D eigenvalue weighted by atomic mass is 15.2. The summed E-state index contributed by atoms with van der Waals surface area (Å²) in [4.78, 5) is 7.41. The molecule has 0 atom stereocenters. The summed E-state index contributed by atoms with van der Waals surface area (Å²) in [7, 11) is 0. The first kappa shape index (κ1) is 7.74. The lowest BCUT2D eigenvalue weighted by Crippen LogP contribution is -1.90. The van der Waals surface area contributed by atoms with E-state index in [1.807, 2.05) is 18.3 Å². The second kappa shape index (κ2) is 3.23. The van der Waals surface area contributed by atoms with Gasteiger partial charge in [-0.25, -0.2) is 16.1 Å². The molecule has 0 saturated carbocycles. The zero-order valence-electron chi connectivity index (χ0n) is 7.01. The van der Waals surface area contributed by atoms with Crippen molar-refractivity contribution < 1.29 is 0 Å². The number of rotatable bonds is 2. The zero-order valence-corrected chi connectivity index (χ0v) is 7.01. The predicted octanol–water partition coefficient (Wildman–Crippen LogP) is 1.19. The van der Waals surface area contributed by atoms with E-state index < -0.39 is 0 Å². The van der Waals surface area contributed by atoms with Crippen LogP contribution in [0.5, 0.6) is 0 Å². The SMILES string of the molecule is [C-]#[N+]CCc1cc2ncccn2n1. The number of hydrogen-bond donors (Lipinski definition) is 0. The molecule has 0 aliphatic rings. The average Bonchev–Trinajstić information content (AvgIpc) is 2.57. The molecule has 0 bridgehead atoms. The summed E-state index contributed by atoms with van der Waals surface area (Å²) >= 11 is 0. The molecule has 0 saturated heterocycles. The van der Waals surface area contributed by atoms with Gasteiger partial charge in [0, 0.05) is 18.5 Å². The fraction of sp³-hybridized carbons (Fsp3) is 0.222. The highest BCUT2D eigenvalue weighted by Crippen LogP contribution is 2.03. The Bertz CT molecular complexity index is 419. The van der Waals surface area contributed by atoms with Crippen LogP contribution in [0.25, 0.3) is 10.5 Å². The van der Waals surface area contributed by atoms with Gasteiger partial charge in [0.15, 0.2) is 5.65 Å². The monoisotopic (exact) mass is 172 g/mol. The van der Waals surface area contributed by atoms with Crippen molar-refractivity contribution in [3.63, 3.8) is 0 Å². The molecular weight excluding hydrogens is 164 g/mol. The van der Waals surface area contributed by atoms with E-state index in [9.17, 15) is 0 Å². The lowest BCUT2D eigenvalue weighted by Gasteiger charge is -1.86. The van der Waals surface area contributed by atoms with Gasteiger partial charge in [-0.2, -0.15) is 5.10 Å². The molecule has 0 radical (unpaired) electrons. The molecule has 0 fully saturated rings. The molecule has 0 spiro atoms. The summed E-state index contributed by atoms with van der Waals surface area (Å²) in [5, 5.41) is 4.26. The predicted molar refractivity (Wildman–Crippen MR) is 48.2 cm³/mol. The molecule has 0 aliphatic carbocycles.